The Bertz CT molecular complexity index is 1010. The van der Waals surface area contributed by atoms with E-state index in [1.165, 1.54) is 31.5 Å². The summed E-state index contributed by atoms with van der Waals surface area (Å²) >= 11 is 6.26. The van der Waals surface area contributed by atoms with Crippen LogP contribution >= 0.6 is 11.6 Å². The van der Waals surface area contributed by atoms with Gasteiger partial charge in [-0.3, -0.25) is 14.3 Å². The monoisotopic (exact) mass is 389 g/mol. The molecule has 3 aromatic rings. The van der Waals surface area contributed by atoms with Gasteiger partial charge < -0.3 is 5.32 Å². The first-order chi connectivity index (χ1) is 12.9. The molecule has 0 bridgehead atoms. The summed E-state index contributed by atoms with van der Waals surface area (Å²) in [6.45, 7) is 1.87. The molecule has 27 heavy (non-hydrogen) atoms. The van der Waals surface area contributed by atoms with Crippen molar-refractivity contribution in [2.24, 2.45) is 7.05 Å². The molecule has 0 radical (unpaired) electrons. The van der Waals surface area contributed by atoms with E-state index in [1.807, 2.05) is 13.0 Å². The molecule has 0 atom stereocenters. The molecule has 0 saturated heterocycles. The van der Waals surface area contributed by atoms with Gasteiger partial charge in [0.05, 0.1) is 23.4 Å². The number of carbonyl (C=O) groups excluding carboxylic acids is 1. The number of rotatable bonds is 5. The number of hydrogen-bond acceptors (Lipinski definition) is 5. The van der Waals surface area contributed by atoms with Crippen molar-refractivity contribution in [3.05, 3.63) is 58.6 Å². The maximum absolute atomic E-state index is 14.6. The van der Waals surface area contributed by atoms with Gasteiger partial charge in [0.1, 0.15) is 17.5 Å². The minimum Gasteiger partial charge on any atom is -0.325 e. The van der Waals surface area contributed by atoms with Crippen molar-refractivity contribution in [3.8, 4) is 11.1 Å². The van der Waals surface area contributed by atoms with Gasteiger partial charge in [-0.25, -0.2) is 14.9 Å². The van der Waals surface area contributed by atoms with Gasteiger partial charge in [-0.05, 0) is 25.1 Å². The van der Waals surface area contributed by atoms with Crippen LogP contribution in [0.15, 0.2) is 36.5 Å². The van der Waals surface area contributed by atoms with Gasteiger partial charge in [0.2, 0.25) is 0 Å². The van der Waals surface area contributed by atoms with E-state index >= 15 is 0 Å². The number of anilines is 2. The highest BCUT2D eigenvalue weighted by atomic mass is 35.5. The van der Waals surface area contributed by atoms with Crippen LogP contribution in [0.2, 0.25) is 5.02 Å². The smallest absolute Gasteiger partial charge is 0.275 e. The molecule has 1 aromatic carbocycles. The predicted octanol–water partition coefficient (Wildman–Crippen LogP) is 3.62. The standard InChI is InChI=1S/C18H17ClFN5O2/c1-10-7-16(25(2)23-10)22-15-8-12(13(19)9-21-15)17-11(18(26)24-27-3)5-4-6-14(17)20/h4-9H,1-3H3,(H,21,22)(H,24,26). The van der Waals surface area contributed by atoms with Gasteiger partial charge in [0.25, 0.3) is 5.91 Å². The number of nitrogens with one attached hydrogen (secondary N) is 2. The van der Waals surface area contributed by atoms with E-state index in [1.54, 1.807) is 17.8 Å². The van der Waals surface area contributed by atoms with Crippen molar-refractivity contribution in [2.75, 3.05) is 12.4 Å². The molecule has 0 aliphatic heterocycles. The largest absolute Gasteiger partial charge is 0.325 e. The van der Waals surface area contributed by atoms with Gasteiger partial charge in [-0.15, -0.1) is 0 Å². The van der Waals surface area contributed by atoms with E-state index in [0.717, 1.165) is 5.69 Å². The number of carbonyl (C=O) groups is 1. The highest BCUT2D eigenvalue weighted by Crippen LogP contribution is 2.34. The molecular weight excluding hydrogens is 373 g/mol. The summed E-state index contributed by atoms with van der Waals surface area (Å²) in [4.78, 5) is 21.1. The summed E-state index contributed by atoms with van der Waals surface area (Å²) in [7, 11) is 3.09. The molecule has 2 aromatic heterocycles. The third-order valence-corrected chi connectivity index (χ3v) is 4.14. The fourth-order valence-corrected chi connectivity index (χ4v) is 2.89. The molecule has 2 N–H and O–H groups in total. The number of amides is 1. The molecular formula is C18H17ClFN5O2. The normalized spacial score (nSPS) is 10.7. The summed E-state index contributed by atoms with van der Waals surface area (Å²) < 4.78 is 16.3. The van der Waals surface area contributed by atoms with Gasteiger partial charge in [-0.1, -0.05) is 17.7 Å². The number of hydrogen-bond donors (Lipinski definition) is 2. The second-order valence-electron chi connectivity index (χ2n) is 5.77. The number of hydroxylamine groups is 1. The first-order valence-corrected chi connectivity index (χ1v) is 8.34. The lowest BCUT2D eigenvalue weighted by Crippen LogP contribution is -2.22. The Morgan fingerprint density at radius 2 is 2.11 bits per heavy atom. The zero-order valence-corrected chi connectivity index (χ0v) is 15.6. The van der Waals surface area contributed by atoms with E-state index in [-0.39, 0.29) is 16.1 Å². The van der Waals surface area contributed by atoms with Crippen LogP contribution in [-0.4, -0.2) is 27.8 Å². The molecule has 0 fully saturated rings. The number of aromatic nitrogens is 3. The van der Waals surface area contributed by atoms with Crippen LogP contribution in [0, 0.1) is 12.7 Å². The second kappa shape index (κ2) is 7.73. The molecule has 1 amide bonds. The van der Waals surface area contributed by atoms with Crippen molar-refractivity contribution < 1.29 is 14.0 Å². The van der Waals surface area contributed by atoms with Crippen LogP contribution in [0.4, 0.5) is 16.0 Å². The summed E-state index contributed by atoms with van der Waals surface area (Å²) in [5.74, 6) is -0.0382. The van der Waals surface area contributed by atoms with Gasteiger partial charge in [0, 0.05) is 30.4 Å². The minimum atomic E-state index is -0.589. The maximum Gasteiger partial charge on any atom is 0.275 e. The Balaban J connectivity index is 2.07. The molecule has 0 unspecified atom stereocenters. The lowest BCUT2D eigenvalue weighted by molar-refractivity contribution is 0.0538. The molecule has 2 heterocycles. The Morgan fingerprint density at radius 3 is 2.78 bits per heavy atom. The minimum absolute atomic E-state index is 0.0590. The fourth-order valence-electron chi connectivity index (χ4n) is 2.69. The predicted molar refractivity (Wildman–Crippen MR) is 100 cm³/mol. The quantitative estimate of drug-likeness (QED) is 0.651. The summed E-state index contributed by atoms with van der Waals surface area (Å²) in [5, 5.41) is 7.56. The lowest BCUT2D eigenvalue weighted by atomic mass is 9.99. The number of benzene rings is 1. The lowest BCUT2D eigenvalue weighted by Gasteiger charge is -2.13. The third-order valence-electron chi connectivity index (χ3n) is 3.84. The van der Waals surface area contributed by atoms with E-state index in [4.69, 9.17) is 11.6 Å². The fraction of sp³-hybridized carbons (Fsp3) is 0.167. The van der Waals surface area contributed by atoms with Crippen LogP contribution in [0.1, 0.15) is 16.1 Å². The third kappa shape index (κ3) is 3.91. The van der Waals surface area contributed by atoms with Crippen LogP contribution in [0.3, 0.4) is 0 Å². The molecule has 0 spiro atoms. The highest BCUT2D eigenvalue weighted by molar-refractivity contribution is 6.33. The first kappa shape index (κ1) is 18.8. The number of nitrogens with zero attached hydrogens (tertiary/aromatic N) is 3. The molecule has 9 heteroatoms. The average molecular weight is 390 g/mol. The maximum atomic E-state index is 14.6. The van der Waals surface area contributed by atoms with Gasteiger partial charge >= 0.3 is 0 Å². The zero-order chi connectivity index (χ0) is 19.6. The Labute approximate surface area is 160 Å². The SMILES string of the molecule is CONC(=O)c1cccc(F)c1-c1cc(Nc2cc(C)nn2C)ncc1Cl. The Morgan fingerprint density at radius 1 is 1.33 bits per heavy atom. The molecule has 0 aliphatic carbocycles. The van der Waals surface area contributed by atoms with E-state index in [2.05, 4.69) is 25.7 Å². The number of aryl methyl sites for hydroxylation is 2. The first-order valence-electron chi connectivity index (χ1n) is 7.96. The van der Waals surface area contributed by atoms with Crippen molar-refractivity contribution in [1.82, 2.24) is 20.2 Å². The highest BCUT2D eigenvalue weighted by Gasteiger charge is 2.20. The van der Waals surface area contributed by atoms with Gasteiger partial charge in [0.15, 0.2) is 0 Å². The summed E-state index contributed by atoms with van der Waals surface area (Å²) in [6.07, 6.45) is 1.40. The van der Waals surface area contributed by atoms with E-state index in [9.17, 15) is 9.18 Å². The molecule has 0 saturated carbocycles. The van der Waals surface area contributed by atoms with Crippen molar-refractivity contribution >= 4 is 29.1 Å². The van der Waals surface area contributed by atoms with E-state index < -0.39 is 11.7 Å². The second-order valence-corrected chi connectivity index (χ2v) is 6.17. The van der Waals surface area contributed by atoms with Gasteiger partial charge in [-0.2, -0.15) is 5.10 Å². The summed E-state index contributed by atoms with van der Waals surface area (Å²) in [6, 6.07) is 7.60. The topological polar surface area (TPSA) is 81.1 Å². The Kier molecular flexibility index (Phi) is 5.38. The van der Waals surface area contributed by atoms with Crippen LogP contribution in [-0.2, 0) is 11.9 Å². The number of halogens is 2. The average Bonchev–Trinajstić information content (AvgIpc) is 2.94. The molecule has 140 valence electrons. The van der Waals surface area contributed by atoms with Crippen molar-refractivity contribution in [2.45, 2.75) is 6.92 Å². The molecule has 3 rings (SSSR count). The van der Waals surface area contributed by atoms with Crippen molar-refractivity contribution in [3.63, 3.8) is 0 Å². The van der Waals surface area contributed by atoms with Crippen molar-refractivity contribution in [1.29, 1.82) is 0 Å². The van der Waals surface area contributed by atoms with Crippen LogP contribution in [0.25, 0.3) is 11.1 Å². The van der Waals surface area contributed by atoms with Crippen LogP contribution < -0.4 is 10.8 Å². The zero-order valence-electron chi connectivity index (χ0n) is 14.9. The molecule has 0 aliphatic rings. The summed E-state index contributed by atoms with van der Waals surface area (Å²) in [5.41, 5.74) is 3.50. The van der Waals surface area contributed by atoms with E-state index in [0.29, 0.717) is 17.2 Å². The van der Waals surface area contributed by atoms with Crippen LogP contribution in [0.5, 0.6) is 0 Å². The number of pyridine rings is 1. The molecule has 7 nitrogen and oxygen atoms in total. The Hall–Kier alpha value is -2.97.